The molecule has 0 atom stereocenters. The molecule has 0 unspecified atom stereocenters. The molecule has 1 aliphatic carbocycles. The van der Waals surface area contributed by atoms with E-state index in [9.17, 15) is 9.59 Å². The van der Waals surface area contributed by atoms with Crippen LogP contribution in [0.15, 0.2) is 0 Å². The van der Waals surface area contributed by atoms with Gasteiger partial charge in [0, 0.05) is 20.0 Å². The second kappa shape index (κ2) is 22.4. The van der Waals surface area contributed by atoms with Crippen LogP contribution in [0.4, 0.5) is 0 Å². The maximum atomic E-state index is 11.2. The smallest absolute Gasteiger partial charge is 0.306 e. The maximum absolute atomic E-state index is 11.2. The topological polar surface area (TPSA) is 52.6 Å². The number of methoxy groups -OCH3 is 1. The lowest BCUT2D eigenvalue weighted by Gasteiger charge is -2.27. The Morgan fingerprint density at radius 1 is 1.00 bits per heavy atom. The number of aldehydes is 1. The molecule has 0 aromatic rings. The summed E-state index contributed by atoms with van der Waals surface area (Å²) in [7, 11) is 1.74. The molecule has 0 spiro atoms. The molecule has 0 radical (unpaired) electrons. The molecule has 22 heavy (non-hydrogen) atoms. The Kier molecular flexibility index (Phi) is 26.5. The van der Waals surface area contributed by atoms with Gasteiger partial charge in [-0.25, -0.2) is 0 Å². The molecule has 1 fully saturated rings. The van der Waals surface area contributed by atoms with Crippen molar-refractivity contribution < 1.29 is 19.1 Å². The summed E-state index contributed by atoms with van der Waals surface area (Å²) in [6.45, 7) is 11.8. The van der Waals surface area contributed by atoms with E-state index >= 15 is 0 Å². The largest absolute Gasteiger partial charge is 0.462 e. The minimum Gasteiger partial charge on any atom is -0.462 e. The molecular weight excluding hydrogens is 280 g/mol. The van der Waals surface area contributed by atoms with Gasteiger partial charge < -0.3 is 14.3 Å². The molecule has 4 nitrogen and oxygen atoms in total. The van der Waals surface area contributed by atoms with Crippen LogP contribution in [0.5, 0.6) is 0 Å². The quantitative estimate of drug-likeness (QED) is 0.532. The van der Waals surface area contributed by atoms with Crippen LogP contribution in [0, 0.1) is 0 Å². The number of ether oxygens (including phenoxy) is 2. The molecule has 0 amide bonds. The third kappa shape index (κ3) is 17.2. The standard InChI is InChI=1S/C11H20O3.C3H6O.2C2H6/c1-3-4-11(12)14-10-7-5-9(13-2)6-8-10;1-2-3-4;2*1-2/h9-10H,3-8H2,1-2H3;3H,2H2,1H3;2*1-2H3. The van der Waals surface area contributed by atoms with E-state index in [1.807, 2.05) is 41.5 Å². The number of carbonyl (C=O) groups excluding carboxylic acids is 2. The van der Waals surface area contributed by atoms with Gasteiger partial charge >= 0.3 is 5.97 Å². The first-order valence-electron chi connectivity index (χ1n) is 8.83. The van der Waals surface area contributed by atoms with Gasteiger partial charge in [0.2, 0.25) is 0 Å². The van der Waals surface area contributed by atoms with Crippen molar-refractivity contribution >= 4 is 12.3 Å². The van der Waals surface area contributed by atoms with Gasteiger partial charge in [-0.2, -0.15) is 0 Å². The zero-order chi connectivity index (χ0) is 17.8. The highest BCUT2D eigenvalue weighted by atomic mass is 16.5. The second-order valence-electron chi connectivity index (χ2n) is 4.45. The van der Waals surface area contributed by atoms with Crippen molar-refractivity contribution in [2.45, 2.75) is 98.7 Å². The maximum Gasteiger partial charge on any atom is 0.306 e. The molecule has 4 heteroatoms. The van der Waals surface area contributed by atoms with E-state index in [-0.39, 0.29) is 12.1 Å². The summed E-state index contributed by atoms with van der Waals surface area (Å²) >= 11 is 0. The fourth-order valence-corrected chi connectivity index (χ4v) is 1.83. The number of hydrogen-bond donors (Lipinski definition) is 0. The Morgan fingerprint density at radius 2 is 1.41 bits per heavy atom. The molecule has 0 aliphatic heterocycles. The van der Waals surface area contributed by atoms with Crippen molar-refractivity contribution in [3.05, 3.63) is 0 Å². The molecule has 0 bridgehead atoms. The SMILES string of the molecule is CC.CC.CCC=O.CCCC(=O)OC1CCC(OC)CC1. The van der Waals surface area contributed by atoms with Gasteiger partial charge in [-0.05, 0) is 32.1 Å². The molecular formula is C18H38O4. The average molecular weight is 318 g/mol. The third-order valence-corrected chi connectivity index (χ3v) is 2.87. The monoisotopic (exact) mass is 318 g/mol. The zero-order valence-electron chi connectivity index (χ0n) is 15.8. The molecule has 1 aliphatic rings. The van der Waals surface area contributed by atoms with Crippen LogP contribution in [-0.2, 0) is 19.1 Å². The van der Waals surface area contributed by atoms with Crippen molar-refractivity contribution in [2.75, 3.05) is 7.11 Å². The minimum atomic E-state index is -0.0478. The van der Waals surface area contributed by atoms with Crippen LogP contribution in [-0.4, -0.2) is 31.6 Å². The predicted molar refractivity (Wildman–Crippen MR) is 93.1 cm³/mol. The lowest BCUT2D eigenvalue weighted by molar-refractivity contribution is -0.151. The lowest BCUT2D eigenvalue weighted by atomic mass is 9.95. The van der Waals surface area contributed by atoms with Crippen molar-refractivity contribution in [3.63, 3.8) is 0 Å². The summed E-state index contributed by atoms with van der Waals surface area (Å²) in [5, 5.41) is 0. The molecule has 0 aromatic heterocycles. The normalized spacial score (nSPS) is 19.0. The lowest BCUT2D eigenvalue weighted by Crippen LogP contribution is -2.27. The van der Waals surface area contributed by atoms with Crippen LogP contribution in [0.3, 0.4) is 0 Å². The van der Waals surface area contributed by atoms with E-state index < -0.39 is 0 Å². The first-order chi connectivity index (χ1) is 10.7. The summed E-state index contributed by atoms with van der Waals surface area (Å²) < 4.78 is 10.6. The van der Waals surface area contributed by atoms with Crippen molar-refractivity contribution in [3.8, 4) is 0 Å². The number of carbonyl (C=O) groups is 2. The van der Waals surface area contributed by atoms with Crippen LogP contribution < -0.4 is 0 Å². The van der Waals surface area contributed by atoms with Gasteiger partial charge in [0.25, 0.3) is 0 Å². The fraction of sp³-hybridized carbons (Fsp3) is 0.889. The van der Waals surface area contributed by atoms with Crippen molar-refractivity contribution in [1.29, 1.82) is 0 Å². The van der Waals surface area contributed by atoms with E-state index in [1.54, 1.807) is 7.11 Å². The van der Waals surface area contributed by atoms with Gasteiger partial charge in [0.15, 0.2) is 0 Å². The number of hydrogen-bond acceptors (Lipinski definition) is 4. The van der Waals surface area contributed by atoms with Crippen LogP contribution in [0.1, 0.15) is 86.5 Å². The molecule has 0 heterocycles. The third-order valence-electron chi connectivity index (χ3n) is 2.87. The second-order valence-corrected chi connectivity index (χ2v) is 4.45. The highest BCUT2D eigenvalue weighted by molar-refractivity contribution is 5.69. The van der Waals surface area contributed by atoms with Crippen LogP contribution in [0.2, 0.25) is 0 Å². The van der Waals surface area contributed by atoms with Gasteiger partial charge in [-0.15, -0.1) is 0 Å². The summed E-state index contributed by atoms with van der Waals surface area (Å²) in [4.78, 5) is 20.4. The molecule has 1 rings (SSSR count). The highest BCUT2D eigenvalue weighted by Crippen LogP contribution is 2.23. The summed E-state index contributed by atoms with van der Waals surface area (Å²) in [5.74, 6) is -0.0478. The molecule has 0 aromatic carbocycles. The molecule has 0 N–H and O–H groups in total. The predicted octanol–water partition coefficient (Wildman–Crippen LogP) is 4.94. The van der Waals surface area contributed by atoms with Gasteiger partial charge in [0.05, 0.1) is 6.10 Å². The van der Waals surface area contributed by atoms with Gasteiger partial charge in [0.1, 0.15) is 12.4 Å². The van der Waals surface area contributed by atoms with E-state index in [1.165, 1.54) is 0 Å². The van der Waals surface area contributed by atoms with Crippen LogP contribution in [0.25, 0.3) is 0 Å². The minimum absolute atomic E-state index is 0.0478. The average Bonchev–Trinajstić information content (AvgIpc) is 2.59. The van der Waals surface area contributed by atoms with Gasteiger partial charge in [-0.1, -0.05) is 41.5 Å². The highest BCUT2D eigenvalue weighted by Gasteiger charge is 2.23. The van der Waals surface area contributed by atoms with Crippen molar-refractivity contribution in [2.24, 2.45) is 0 Å². The molecule has 0 saturated heterocycles. The fourth-order valence-electron chi connectivity index (χ4n) is 1.83. The summed E-state index contributed by atoms with van der Waals surface area (Å²) in [5.41, 5.74) is 0. The number of esters is 1. The zero-order valence-corrected chi connectivity index (χ0v) is 15.8. The van der Waals surface area contributed by atoms with Crippen LogP contribution >= 0.6 is 0 Å². The first-order valence-corrected chi connectivity index (χ1v) is 8.83. The number of rotatable bonds is 5. The van der Waals surface area contributed by atoms with Gasteiger partial charge in [-0.3, -0.25) is 4.79 Å². The van der Waals surface area contributed by atoms with E-state index in [4.69, 9.17) is 9.47 Å². The first kappa shape index (κ1) is 26.0. The summed E-state index contributed by atoms with van der Waals surface area (Å²) in [6, 6.07) is 0. The molecule has 134 valence electrons. The Labute approximate surface area is 138 Å². The Bertz CT molecular complexity index is 221. The Balaban J connectivity index is -0.000000383. The van der Waals surface area contributed by atoms with E-state index in [0.29, 0.717) is 18.9 Å². The van der Waals surface area contributed by atoms with E-state index in [0.717, 1.165) is 38.4 Å². The van der Waals surface area contributed by atoms with E-state index in [2.05, 4.69) is 0 Å². The molecule has 1 saturated carbocycles. The summed E-state index contributed by atoms with van der Waals surface area (Å²) in [6.07, 6.45) is 7.37. The Hall–Kier alpha value is -0.900. The Morgan fingerprint density at radius 3 is 1.73 bits per heavy atom. The van der Waals surface area contributed by atoms with Crippen molar-refractivity contribution in [1.82, 2.24) is 0 Å².